The van der Waals surface area contributed by atoms with E-state index in [1.165, 1.54) is 5.39 Å². The number of hydrogen-bond donors (Lipinski definition) is 1. The Bertz CT molecular complexity index is 552. The van der Waals surface area contributed by atoms with Crippen molar-refractivity contribution < 1.29 is 4.74 Å². The SMILES string of the molecule is c1ccc2nc(CNCCN3CCOCC3)ccc2c1. The van der Waals surface area contributed by atoms with E-state index < -0.39 is 0 Å². The predicted octanol–water partition coefficient (Wildman–Crippen LogP) is 1.66. The van der Waals surface area contributed by atoms with Gasteiger partial charge in [-0.2, -0.15) is 0 Å². The number of nitrogens with one attached hydrogen (secondary N) is 1. The number of pyridine rings is 1. The molecule has 3 rings (SSSR count). The molecule has 1 aliphatic heterocycles. The van der Waals surface area contributed by atoms with Crippen LogP contribution in [0.1, 0.15) is 5.69 Å². The van der Waals surface area contributed by atoms with Crippen molar-refractivity contribution in [3.8, 4) is 0 Å². The second kappa shape index (κ2) is 6.79. The minimum atomic E-state index is 0.829. The highest BCUT2D eigenvalue weighted by Crippen LogP contribution is 2.11. The number of morpholine rings is 1. The maximum Gasteiger partial charge on any atom is 0.0705 e. The number of para-hydroxylation sites is 1. The molecule has 1 aromatic heterocycles. The molecule has 0 bridgehead atoms. The lowest BCUT2D eigenvalue weighted by Gasteiger charge is -2.26. The highest BCUT2D eigenvalue weighted by molar-refractivity contribution is 5.78. The summed E-state index contributed by atoms with van der Waals surface area (Å²) < 4.78 is 5.34. The monoisotopic (exact) mass is 271 g/mol. The van der Waals surface area contributed by atoms with Crippen LogP contribution in [0.2, 0.25) is 0 Å². The number of ether oxygens (including phenoxy) is 1. The lowest BCUT2D eigenvalue weighted by molar-refractivity contribution is 0.0384. The molecule has 0 unspecified atom stereocenters. The van der Waals surface area contributed by atoms with Crippen LogP contribution < -0.4 is 5.32 Å². The third-order valence-electron chi connectivity index (χ3n) is 3.67. The van der Waals surface area contributed by atoms with Crippen LogP contribution in [0.15, 0.2) is 36.4 Å². The summed E-state index contributed by atoms with van der Waals surface area (Å²) in [4.78, 5) is 7.10. The van der Waals surface area contributed by atoms with E-state index in [4.69, 9.17) is 4.74 Å². The fourth-order valence-corrected chi connectivity index (χ4v) is 2.49. The van der Waals surface area contributed by atoms with Gasteiger partial charge in [-0.15, -0.1) is 0 Å². The fourth-order valence-electron chi connectivity index (χ4n) is 2.49. The molecule has 0 radical (unpaired) electrons. The highest BCUT2D eigenvalue weighted by Gasteiger charge is 2.08. The lowest BCUT2D eigenvalue weighted by atomic mass is 10.2. The van der Waals surface area contributed by atoms with E-state index in [0.29, 0.717) is 0 Å². The van der Waals surface area contributed by atoms with Gasteiger partial charge in [0.05, 0.1) is 24.4 Å². The van der Waals surface area contributed by atoms with Crippen molar-refractivity contribution in [2.75, 3.05) is 39.4 Å². The molecule has 1 aliphatic rings. The first-order chi connectivity index (χ1) is 9.92. The van der Waals surface area contributed by atoms with Crippen molar-refractivity contribution in [2.45, 2.75) is 6.54 Å². The molecule has 1 aromatic carbocycles. The van der Waals surface area contributed by atoms with Crippen molar-refractivity contribution in [3.05, 3.63) is 42.1 Å². The largest absolute Gasteiger partial charge is 0.379 e. The number of aromatic nitrogens is 1. The average Bonchev–Trinajstić information content (AvgIpc) is 2.52. The Morgan fingerprint density at radius 1 is 1.10 bits per heavy atom. The molecule has 4 heteroatoms. The Balaban J connectivity index is 1.47. The standard InChI is InChI=1S/C16H21N3O/c1-2-4-16-14(3-1)5-6-15(18-16)13-17-7-8-19-9-11-20-12-10-19/h1-6,17H,7-13H2. The summed E-state index contributed by atoms with van der Waals surface area (Å²) in [6.07, 6.45) is 0. The van der Waals surface area contributed by atoms with Gasteiger partial charge in [0.15, 0.2) is 0 Å². The Kier molecular flexibility index (Phi) is 4.58. The lowest BCUT2D eigenvalue weighted by Crippen LogP contribution is -2.40. The van der Waals surface area contributed by atoms with Gasteiger partial charge in [-0.1, -0.05) is 24.3 Å². The molecule has 0 spiro atoms. The van der Waals surface area contributed by atoms with Gasteiger partial charge < -0.3 is 10.1 Å². The maximum atomic E-state index is 5.34. The van der Waals surface area contributed by atoms with Crippen LogP contribution in [-0.4, -0.2) is 49.3 Å². The Hall–Kier alpha value is -1.49. The molecule has 20 heavy (non-hydrogen) atoms. The van der Waals surface area contributed by atoms with E-state index in [2.05, 4.69) is 39.5 Å². The van der Waals surface area contributed by atoms with Crippen molar-refractivity contribution >= 4 is 10.9 Å². The van der Waals surface area contributed by atoms with Crippen LogP contribution in [0, 0.1) is 0 Å². The van der Waals surface area contributed by atoms with E-state index in [1.807, 2.05) is 12.1 Å². The van der Waals surface area contributed by atoms with Crippen LogP contribution >= 0.6 is 0 Å². The molecular weight excluding hydrogens is 250 g/mol. The minimum Gasteiger partial charge on any atom is -0.379 e. The van der Waals surface area contributed by atoms with Crippen molar-refractivity contribution in [2.24, 2.45) is 0 Å². The topological polar surface area (TPSA) is 37.4 Å². The normalized spacial score (nSPS) is 16.6. The Morgan fingerprint density at radius 2 is 1.95 bits per heavy atom. The number of fused-ring (bicyclic) bond motifs is 1. The van der Waals surface area contributed by atoms with Gasteiger partial charge in [-0.3, -0.25) is 9.88 Å². The smallest absolute Gasteiger partial charge is 0.0705 e. The molecule has 1 fully saturated rings. The fraction of sp³-hybridized carbons (Fsp3) is 0.438. The predicted molar refractivity (Wildman–Crippen MR) is 80.7 cm³/mol. The first-order valence-corrected chi connectivity index (χ1v) is 7.27. The zero-order valence-corrected chi connectivity index (χ0v) is 11.7. The molecule has 0 saturated carbocycles. The van der Waals surface area contributed by atoms with Crippen molar-refractivity contribution in [1.82, 2.24) is 15.2 Å². The van der Waals surface area contributed by atoms with Crippen molar-refractivity contribution in [3.63, 3.8) is 0 Å². The molecule has 0 aliphatic carbocycles. The zero-order valence-electron chi connectivity index (χ0n) is 11.7. The van der Waals surface area contributed by atoms with Gasteiger partial charge >= 0.3 is 0 Å². The number of rotatable bonds is 5. The summed E-state index contributed by atoms with van der Waals surface area (Å²) in [5, 5.41) is 4.67. The van der Waals surface area contributed by atoms with E-state index >= 15 is 0 Å². The molecule has 4 nitrogen and oxygen atoms in total. The average molecular weight is 271 g/mol. The van der Waals surface area contributed by atoms with E-state index in [-0.39, 0.29) is 0 Å². The van der Waals surface area contributed by atoms with Gasteiger partial charge in [-0.25, -0.2) is 0 Å². The summed E-state index contributed by atoms with van der Waals surface area (Å²) >= 11 is 0. The molecule has 2 aromatic rings. The van der Waals surface area contributed by atoms with Gasteiger partial charge in [0.1, 0.15) is 0 Å². The van der Waals surface area contributed by atoms with Crippen LogP contribution in [0.25, 0.3) is 10.9 Å². The third kappa shape index (κ3) is 3.54. The zero-order chi connectivity index (χ0) is 13.6. The minimum absolute atomic E-state index is 0.829. The van der Waals surface area contributed by atoms with E-state index in [1.54, 1.807) is 0 Å². The third-order valence-corrected chi connectivity index (χ3v) is 3.67. The summed E-state index contributed by atoms with van der Waals surface area (Å²) in [6, 6.07) is 12.5. The molecule has 1 saturated heterocycles. The van der Waals surface area contributed by atoms with Crippen LogP contribution in [0.5, 0.6) is 0 Å². The number of nitrogens with zero attached hydrogens (tertiary/aromatic N) is 2. The van der Waals surface area contributed by atoms with Gasteiger partial charge in [-0.05, 0) is 12.1 Å². The van der Waals surface area contributed by atoms with E-state index in [0.717, 1.165) is 57.1 Å². The molecule has 2 heterocycles. The second-order valence-electron chi connectivity index (χ2n) is 5.13. The highest BCUT2D eigenvalue weighted by atomic mass is 16.5. The second-order valence-corrected chi connectivity index (χ2v) is 5.13. The molecule has 1 N–H and O–H groups in total. The Morgan fingerprint density at radius 3 is 2.85 bits per heavy atom. The first-order valence-electron chi connectivity index (χ1n) is 7.27. The molecule has 0 atom stereocenters. The van der Waals surface area contributed by atoms with Crippen molar-refractivity contribution in [1.29, 1.82) is 0 Å². The quantitative estimate of drug-likeness (QED) is 0.839. The van der Waals surface area contributed by atoms with Gasteiger partial charge in [0, 0.05) is 38.1 Å². The van der Waals surface area contributed by atoms with E-state index in [9.17, 15) is 0 Å². The summed E-state index contributed by atoms with van der Waals surface area (Å²) in [6.45, 7) is 6.74. The summed E-state index contributed by atoms with van der Waals surface area (Å²) in [5.74, 6) is 0. The number of benzene rings is 1. The maximum absolute atomic E-state index is 5.34. The van der Waals surface area contributed by atoms with Crippen LogP contribution in [0.4, 0.5) is 0 Å². The molecule has 106 valence electrons. The summed E-state index contributed by atoms with van der Waals surface area (Å²) in [5.41, 5.74) is 2.17. The molecule has 0 amide bonds. The van der Waals surface area contributed by atoms with Crippen LogP contribution in [-0.2, 0) is 11.3 Å². The van der Waals surface area contributed by atoms with Crippen LogP contribution in [0.3, 0.4) is 0 Å². The Labute approximate surface area is 119 Å². The number of hydrogen-bond acceptors (Lipinski definition) is 4. The van der Waals surface area contributed by atoms with Gasteiger partial charge in [0.25, 0.3) is 0 Å². The summed E-state index contributed by atoms with van der Waals surface area (Å²) in [7, 11) is 0. The first kappa shape index (κ1) is 13.5. The van der Waals surface area contributed by atoms with Gasteiger partial charge in [0.2, 0.25) is 0 Å². The molecular formula is C16H21N3O.